The van der Waals surface area contributed by atoms with Crippen molar-refractivity contribution in [3.8, 4) is 17.2 Å². The summed E-state index contributed by atoms with van der Waals surface area (Å²) in [4.78, 5) is 27.7. The number of amides is 1. The highest BCUT2D eigenvalue weighted by molar-refractivity contribution is 6.52. The van der Waals surface area contributed by atoms with Crippen LogP contribution in [-0.4, -0.2) is 36.1 Å². The Bertz CT molecular complexity index is 1270. The smallest absolute Gasteiger partial charge is 0.300 e. The van der Waals surface area contributed by atoms with Crippen molar-refractivity contribution in [2.75, 3.05) is 19.1 Å². The van der Waals surface area contributed by atoms with Gasteiger partial charge in [-0.2, -0.15) is 0 Å². The third kappa shape index (κ3) is 3.78. The van der Waals surface area contributed by atoms with Crippen LogP contribution in [0.15, 0.2) is 72.3 Å². The van der Waals surface area contributed by atoms with Crippen molar-refractivity contribution in [2.24, 2.45) is 0 Å². The second-order valence-electron chi connectivity index (χ2n) is 7.64. The van der Waals surface area contributed by atoms with Crippen LogP contribution in [0.1, 0.15) is 22.7 Å². The van der Waals surface area contributed by atoms with Gasteiger partial charge in [-0.05, 0) is 42.3 Å². The fourth-order valence-corrected chi connectivity index (χ4v) is 4.00. The molecule has 0 saturated carbocycles. The molecule has 0 radical (unpaired) electrons. The first-order chi connectivity index (χ1) is 15.9. The van der Waals surface area contributed by atoms with Crippen molar-refractivity contribution < 1.29 is 29.3 Å². The molecule has 1 saturated heterocycles. The lowest BCUT2D eigenvalue weighted by Crippen LogP contribution is -2.29. The summed E-state index contributed by atoms with van der Waals surface area (Å²) in [5, 5.41) is 21.8. The Hall–Kier alpha value is -4.26. The van der Waals surface area contributed by atoms with Crippen LogP contribution in [0.25, 0.3) is 5.76 Å². The second kappa shape index (κ2) is 8.70. The minimum atomic E-state index is -0.953. The first kappa shape index (κ1) is 22.0. The van der Waals surface area contributed by atoms with Gasteiger partial charge in [0, 0.05) is 6.07 Å². The lowest BCUT2D eigenvalue weighted by molar-refractivity contribution is -0.132. The number of nitrogens with zero attached hydrogens (tertiary/aromatic N) is 1. The number of methoxy groups -OCH3 is 2. The largest absolute Gasteiger partial charge is 0.507 e. The number of aromatic hydroxyl groups is 1. The van der Waals surface area contributed by atoms with E-state index in [1.807, 2.05) is 13.0 Å². The van der Waals surface area contributed by atoms with E-state index in [0.29, 0.717) is 11.3 Å². The number of aryl methyl sites for hydroxylation is 1. The van der Waals surface area contributed by atoms with Crippen molar-refractivity contribution in [3.05, 3.63) is 89.0 Å². The molecule has 1 amide bonds. The molecule has 0 aliphatic carbocycles. The van der Waals surface area contributed by atoms with Gasteiger partial charge in [-0.3, -0.25) is 14.5 Å². The van der Waals surface area contributed by atoms with Crippen molar-refractivity contribution in [1.29, 1.82) is 0 Å². The predicted molar refractivity (Wildman–Crippen MR) is 124 cm³/mol. The maximum atomic E-state index is 13.3. The number of phenols is 1. The SMILES string of the molecule is COc1ccc(/C(O)=C2/C(=O)C(=O)N(c3cc(C)ccc3O)C2c2ccccc2)c(OC)c1. The standard InChI is InChI=1S/C26H23NO6/c1-15-9-12-20(28)19(13-15)27-23(16-7-5-4-6-8-16)22(25(30)26(27)31)24(29)18-11-10-17(32-2)14-21(18)33-3/h4-14,23,28-29H,1-3H3/b24-22-. The Morgan fingerprint density at radius 3 is 2.33 bits per heavy atom. The molecule has 168 valence electrons. The first-order valence-electron chi connectivity index (χ1n) is 10.2. The van der Waals surface area contributed by atoms with E-state index >= 15 is 0 Å². The molecule has 33 heavy (non-hydrogen) atoms. The van der Waals surface area contributed by atoms with E-state index in [4.69, 9.17) is 9.47 Å². The Morgan fingerprint density at radius 1 is 0.939 bits per heavy atom. The van der Waals surface area contributed by atoms with Crippen LogP contribution in [0.4, 0.5) is 5.69 Å². The van der Waals surface area contributed by atoms with Crippen molar-refractivity contribution >= 4 is 23.1 Å². The molecule has 1 aliphatic rings. The number of Topliss-reactive ketones (excluding diaryl/α,β-unsaturated/α-hetero) is 1. The van der Waals surface area contributed by atoms with Crippen molar-refractivity contribution in [3.63, 3.8) is 0 Å². The van der Waals surface area contributed by atoms with E-state index in [2.05, 4.69) is 0 Å². The molecule has 1 heterocycles. The summed E-state index contributed by atoms with van der Waals surface area (Å²) in [6.45, 7) is 1.82. The molecule has 3 aromatic rings. The van der Waals surface area contributed by atoms with Crippen LogP contribution >= 0.6 is 0 Å². The van der Waals surface area contributed by atoms with Crippen molar-refractivity contribution in [2.45, 2.75) is 13.0 Å². The Kier molecular flexibility index (Phi) is 5.79. The Labute approximate surface area is 191 Å². The highest BCUT2D eigenvalue weighted by Gasteiger charge is 2.48. The number of ether oxygens (including phenoxy) is 2. The maximum Gasteiger partial charge on any atom is 0.300 e. The van der Waals surface area contributed by atoms with Gasteiger partial charge in [0.05, 0.1) is 37.1 Å². The molecule has 4 rings (SSSR count). The summed E-state index contributed by atoms with van der Waals surface area (Å²) in [5.74, 6) is -1.45. The van der Waals surface area contributed by atoms with Gasteiger partial charge in [-0.15, -0.1) is 0 Å². The van der Waals surface area contributed by atoms with Gasteiger partial charge < -0.3 is 19.7 Å². The average molecular weight is 445 g/mol. The molecule has 1 atom stereocenters. The number of carbonyl (C=O) groups excluding carboxylic acids is 2. The van der Waals surface area contributed by atoms with Crippen LogP contribution in [0.3, 0.4) is 0 Å². The molecule has 7 nitrogen and oxygen atoms in total. The van der Waals surface area contributed by atoms with E-state index in [0.717, 1.165) is 5.56 Å². The number of carbonyl (C=O) groups is 2. The molecule has 0 bridgehead atoms. The van der Waals surface area contributed by atoms with Gasteiger partial charge in [0.15, 0.2) is 0 Å². The lowest BCUT2D eigenvalue weighted by atomic mass is 9.94. The number of aliphatic hydroxyl groups is 1. The zero-order valence-electron chi connectivity index (χ0n) is 18.4. The Morgan fingerprint density at radius 2 is 1.67 bits per heavy atom. The molecule has 0 spiro atoms. The fraction of sp³-hybridized carbons (Fsp3) is 0.154. The van der Waals surface area contributed by atoms with E-state index in [-0.39, 0.29) is 34.1 Å². The normalized spacial score (nSPS) is 17.3. The fourth-order valence-electron chi connectivity index (χ4n) is 4.00. The van der Waals surface area contributed by atoms with Crippen LogP contribution in [0.2, 0.25) is 0 Å². The molecule has 7 heteroatoms. The van der Waals surface area contributed by atoms with Crippen molar-refractivity contribution in [1.82, 2.24) is 0 Å². The molecule has 1 fully saturated rings. The summed E-state index contributed by atoms with van der Waals surface area (Å²) < 4.78 is 10.6. The van der Waals surface area contributed by atoms with Gasteiger partial charge in [-0.25, -0.2) is 0 Å². The molecular formula is C26H23NO6. The topological polar surface area (TPSA) is 96.3 Å². The monoisotopic (exact) mass is 445 g/mol. The number of ketones is 1. The summed E-state index contributed by atoms with van der Waals surface area (Å²) in [6, 6.07) is 17.5. The first-order valence-corrected chi connectivity index (χ1v) is 10.2. The summed E-state index contributed by atoms with van der Waals surface area (Å²) >= 11 is 0. The Balaban J connectivity index is 1.98. The number of aliphatic hydroxyl groups excluding tert-OH is 1. The highest BCUT2D eigenvalue weighted by atomic mass is 16.5. The van der Waals surface area contributed by atoms with Crippen LogP contribution in [-0.2, 0) is 9.59 Å². The van der Waals surface area contributed by atoms with Crippen LogP contribution in [0.5, 0.6) is 17.2 Å². The van der Waals surface area contributed by atoms with Gasteiger partial charge in [0.2, 0.25) is 0 Å². The molecule has 2 N–H and O–H groups in total. The third-order valence-corrected chi connectivity index (χ3v) is 5.61. The summed E-state index contributed by atoms with van der Waals surface area (Å²) in [7, 11) is 2.94. The number of hydrogen-bond acceptors (Lipinski definition) is 6. The van der Waals surface area contributed by atoms with E-state index in [1.54, 1.807) is 54.6 Å². The zero-order valence-corrected chi connectivity index (χ0v) is 18.4. The second-order valence-corrected chi connectivity index (χ2v) is 7.64. The predicted octanol–water partition coefficient (Wildman–Crippen LogP) is 4.34. The molecule has 1 unspecified atom stereocenters. The van der Waals surface area contributed by atoms with E-state index < -0.39 is 17.7 Å². The molecular weight excluding hydrogens is 422 g/mol. The number of hydrogen-bond donors (Lipinski definition) is 2. The quantitative estimate of drug-likeness (QED) is 0.345. The summed E-state index contributed by atoms with van der Waals surface area (Å²) in [5.41, 5.74) is 1.73. The number of anilines is 1. The molecule has 0 aromatic heterocycles. The number of rotatable bonds is 5. The van der Waals surface area contributed by atoms with E-state index in [1.165, 1.54) is 25.2 Å². The minimum Gasteiger partial charge on any atom is -0.507 e. The van der Waals surface area contributed by atoms with Gasteiger partial charge in [0.1, 0.15) is 23.0 Å². The highest BCUT2D eigenvalue weighted by Crippen LogP contribution is 2.45. The minimum absolute atomic E-state index is 0.101. The molecule has 1 aliphatic heterocycles. The number of phenolic OH excluding ortho intramolecular Hbond substituents is 1. The van der Waals surface area contributed by atoms with E-state index in [9.17, 15) is 19.8 Å². The lowest BCUT2D eigenvalue weighted by Gasteiger charge is -2.26. The average Bonchev–Trinajstić information content (AvgIpc) is 3.10. The van der Waals surface area contributed by atoms with Gasteiger partial charge in [-0.1, -0.05) is 36.4 Å². The third-order valence-electron chi connectivity index (χ3n) is 5.61. The zero-order chi connectivity index (χ0) is 23.7. The van der Waals surface area contributed by atoms with Gasteiger partial charge >= 0.3 is 0 Å². The van der Waals surface area contributed by atoms with Crippen LogP contribution < -0.4 is 14.4 Å². The maximum absolute atomic E-state index is 13.3. The summed E-state index contributed by atoms with van der Waals surface area (Å²) in [6.07, 6.45) is 0. The van der Waals surface area contributed by atoms with Gasteiger partial charge in [0.25, 0.3) is 11.7 Å². The molecule has 3 aromatic carbocycles. The number of benzene rings is 3. The van der Waals surface area contributed by atoms with Crippen LogP contribution in [0, 0.1) is 6.92 Å².